The lowest BCUT2D eigenvalue weighted by Crippen LogP contribution is -2.42. The molecule has 5 heteroatoms. The van der Waals surface area contributed by atoms with E-state index in [1.54, 1.807) is 0 Å². The van der Waals surface area contributed by atoms with Gasteiger partial charge in [0.2, 0.25) is 4.51 Å². The Labute approximate surface area is 73.0 Å². The normalized spacial score (nSPS) is 18.5. The summed E-state index contributed by atoms with van der Waals surface area (Å²) in [7, 11) is 2.62. The summed E-state index contributed by atoms with van der Waals surface area (Å²) in [6.07, 6.45) is 0.0346. The van der Waals surface area contributed by atoms with Gasteiger partial charge in [0.25, 0.3) is 0 Å². The number of carbonyl (C=O) groups is 2. The van der Waals surface area contributed by atoms with Crippen molar-refractivity contribution in [2.24, 2.45) is 0 Å². The summed E-state index contributed by atoms with van der Waals surface area (Å²) < 4.78 is 8.04. The van der Waals surface area contributed by atoms with Crippen LogP contribution in [0.1, 0.15) is 0 Å². The minimum atomic E-state index is -1.36. The first kappa shape index (κ1) is 10.7. The summed E-state index contributed by atoms with van der Waals surface area (Å²) in [6.45, 7) is 0. The van der Waals surface area contributed by atoms with Crippen LogP contribution in [0.25, 0.3) is 0 Å². The first-order chi connectivity index (χ1) is 5.14. The summed E-state index contributed by atoms with van der Waals surface area (Å²) in [5.41, 5.74) is 0. The van der Waals surface area contributed by atoms with Gasteiger partial charge in [0.05, 0.1) is 0 Å². The fourth-order valence-corrected chi connectivity index (χ4v) is 0.835. The molecule has 0 N–H and O–H groups in total. The zero-order chi connectivity index (χ0) is 8.91. The molecule has 0 rings (SSSR count). The molecule has 0 fully saturated rings. The van der Waals surface area contributed by atoms with Gasteiger partial charge in [0.1, 0.15) is 0 Å². The molecule has 0 aliphatic carbocycles. The van der Waals surface area contributed by atoms with Crippen LogP contribution in [-0.4, -0.2) is 37.4 Å². The predicted molar refractivity (Wildman–Crippen MR) is 41.6 cm³/mol. The van der Waals surface area contributed by atoms with E-state index in [1.807, 2.05) is 0 Å². The van der Waals surface area contributed by atoms with Crippen LogP contribution in [-0.2, 0) is 19.1 Å². The van der Waals surface area contributed by atoms with Gasteiger partial charge in [0.15, 0.2) is 18.7 Å². The molecule has 0 aliphatic heterocycles. The van der Waals surface area contributed by atoms with Crippen molar-refractivity contribution in [3.63, 3.8) is 0 Å². The van der Waals surface area contributed by atoms with Crippen molar-refractivity contribution in [3.8, 4) is 0 Å². The third kappa shape index (κ3) is 2.36. The summed E-state index contributed by atoms with van der Waals surface area (Å²) in [4.78, 5) is 20.7. The van der Waals surface area contributed by atoms with E-state index in [-0.39, 0.29) is 0 Å². The van der Waals surface area contributed by atoms with Crippen molar-refractivity contribution < 1.29 is 19.1 Å². The molecule has 0 amide bonds. The number of methoxy groups -OCH3 is 2. The van der Waals surface area contributed by atoms with E-state index in [0.717, 1.165) is 0 Å². The molecule has 2 unspecified atom stereocenters. The topological polar surface area (TPSA) is 52.6 Å². The second-order valence-electron chi connectivity index (χ2n) is 1.81. The zero-order valence-corrected chi connectivity index (χ0v) is 7.83. The molecular formula is C6H9BrO4. The molecule has 64 valence electrons. The highest BCUT2D eigenvalue weighted by atomic mass is 79.9. The summed E-state index contributed by atoms with van der Waals surface area (Å²) >= 11 is 2.92. The van der Waals surface area contributed by atoms with Gasteiger partial charge in [-0.1, -0.05) is 0 Å². The van der Waals surface area contributed by atoms with Gasteiger partial charge in [-0.2, -0.15) is 0 Å². The maximum atomic E-state index is 10.4. The lowest BCUT2D eigenvalue weighted by atomic mass is 10.2. The molecule has 4 nitrogen and oxygen atoms in total. The Morgan fingerprint density at radius 1 is 1.45 bits per heavy atom. The molecule has 0 aromatic rings. The average molecular weight is 225 g/mol. The van der Waals surface area contributed by atoms with Crippen LogP contribution in [0.4, 0.5) is 0 Å². The third-order valence-electron chi connectivity index (χ3n) is 1.24. The van der Waals surface area contributed by atoms with Crippen molar-refractivity contribution in [2.75, 3.05) is 14.2 Å². The molecule has 0 aromatic carbocycles. The molecule has 0 radical (unpaired) electrons. The fourth-order valence-electron chi connectivity index (χ4n) is 0.540. The van der Waals surface area contributed by atoms with Crippen LogP contribution in [0.2, 0.25) is 0 Å². The van der Waals surface area contributed by atoms with Crippen molar-refractivity contribution in [2.45, 2.75) is 10.6 Å². The van der Waals surface area contributed by atoms with Gasteiger partial charge >= 0.3 is 0 Å². The highest BCUT2D eigenvalue weighted by molar-refractivity contribution is 9.10. The van der Waals surface area contributed by atoms with Crippen LogP contribution in [0.5, 0.6) is 0 Å². The van der Waals surface area contributed by atoms with Crippen LogP contribution in [0, 0.1) is 0 Å². The Morgan fingerprint density at radius 3 is 2.09 bits per heavy atom. The maximum Gasteiger partial charge on any atom is 0.210 e. The van der Waals surface area contributed by atoms with E-state index in [1.165, 1.54) is 14.2 Å². The molecule has 0 aromatic heterocycles. The average Bonchev–Trinajstić information content (AvgIpc) is 2.06. The van der Waals surface area contributed by atoms with Crippen LogP contribution in [0.15, 0.2) is 0 Å². The second-order valence-corrected chi connectivity index (χ2v) is 3.05. The molecule has 0 heterocycles. The molecule has 0 saturated heterocycles. The number of hydrogen-bond donors (Lipinski definition) is 0. The zero-order valence-electron chi connectivity index (χ0n) is 6.24. The summed E-state index contributed by atoms with van der Waals surface area (Å²) in [5, 5.41) is 0. The van der Waals surface area contributed by atoms with Gasteiger partial charge in [-0.15, -0.1) is 0 Å². The minimum absolute atomic E-state index is 0.468. The van der Waals surface area contributed by atoms with Gasteiger partial charge in [-0.25, -0.2) is 0 Å². The summed E-state index contributed by atoms with van der Waals surface area (Å²) in [6, 6.07) is 0. The molecule has 0 aliphatic rings. The van der Waals surface area contributed by atoms with Gasteiger partial charge in [-0.3, -0.25) is 4.79 Å². The number of alkyl halides is 1. The van der Waals surface area contributed by atoms with Crippen LogP contribution < -0.4 is 0 Å². The summed E-state index contributed by atoms with van der Waals surface area (Å²) in [5.74, 6) is 0. The molecule has 0 spiro atoms. The quantitative estimate of drug-likeness (QED) is 0.493. The number of halogens is 1. The predicted octanol–water partition coefficient (Wildman–Crippen LogP) is 0.137. The maximum absolute atomic E-state index is 10.4. The van der Waals surface area contributed by atoms with Crippen molar-refractivity contribution >= 4 is 28.5 Å². The number of ether oxygens (including phenoxy) is 2. The van der Waals surface area contributed by atoms with E-state index < -0.39 is 10.6 Å². The fraction of sp³-hybridized carbons (Fsp3) is 0.667. The second kappa shape index (κ2) is 4.58. The van der Waals surface area contributed by atoms with E-state index in [2.05, 4.69) is 20.7 Å². The number of aldehydes is 2. The molecule has 0 bridgehead atoms. The monoisotopic (exact) mass is 224 g/mol. The standard InChI is InChI=1S/C6H9BrO4/c1-10-5(3-8)6(7,4-9)11-2/h3-5H,1-2H3. The van der Waals surface area contributed by atoms with Gasteiger partial charge in [0, 0.05) is 14.2 Å². The third-order valence-corrected chi connectivity index (χ3v) is 2.20. The molecule has 2 atom stereocenters. The Bertz CT molecular complexity index is 150. The minimum Gasteiger partial charge on any atom is -0.369 e. The SMILES string of the molecule is COC(C=O)C(Br)(C=O)OC. The van der Waals surface area contributed by atoms with Crippen molar-refractivity contribution in [1.82, 2.24) is 0 Å². The van der Waals surface area contributed by atoms with E-state index in [4.69, 9.17) is 4.74 Å². The lowest BCUT2D eigenvalue weighted by Gasteiger charge is -2.23. The molecule has 11 heavy (non-hydrogen) atoms. The Kier molecular flexibility index (Phi) is 4.48. The Morgan fingerprint density at radius 2 is 2.00 bits per heavy atom. The Balaban J connectivity index is 4.43. The van der Waals surface area contributed by atoms with Crippen molar-refractivity contribution in [1.29, 1.82) is 0 Å². The first-order valence-electron chi connectivity index (χ1n) is 2.83. The highest BCUT2D eigenvalue weighted by Crippen LogP contribution is 2.21. The first-order valence-corrected chi connectivity index (χ1v) is 3.62. The molecule has 0 saturated carbocycles. The Hall–Kier alpha value is -0.260. The van der Waals surface area contributed by atoms with E-state index in [0.29, 0.717) is 12.6 Å². The number of rotatable bonds is 5. The van der Waals surface area contributed by atoms with E-state index in [9.17, 15) is 9.59 Å². The van der Waals surface area contributed by atoms with Crippen LogP contribution >= 0.6 is 15.9 Å². The van der Waals surface area contributed by atoms with Crippen LogP contribution in [0.3, 0.4) is 0 Å². The van der Waals surface area contributed by atoms with Crippen molar-refractivity contribution in [3.05, 3.63) is 0 Å². The lowest BCUT2D eigenvalue weighted by molar-refractivity contribution is -0.137. The highest BCUT2D eigenvalue weighted by Gasteiger charge is 2.36. The molecular weight excluding hydrogens is 216 g/mol. The number of hydrogen-bond acceptors (Lipinski definition) is 4. The van der Waals surface area contributed by atoms with E-state index >= 15 is 0 Å². The smallest absolute Gasteiger partial charge is 0.210 e. The number of carbonyl (C=O) groups excluding carboxylic acids is 2. The van der Waals surface area contributed by atoms with Gasteiger partial charge in [-0.05, 0) is 15.9 Å². The van der Waals surface area contributed by atoms with Gasteiger partial charge < -0.3 is 14.3 Å². The largest absolute Gasteiger partial charge is 0.369 e.